The largest absolute Gasteiger partial charge is 0.455 e. The fraction of sp³-hybridized carbons (Fsp3) is 0.333. The van der Waals surface area contributed by atoms with Crippen molar-refractivity contribution >= 4 is 23.1 Å². The standard InChI is InChI=1S/C30H34N4O6/c1-29(2,3)40-28(36)31-25(27(35)39-30(4,5)22-11-7-6-8-12-22)19-21-15-17-23(18-16-21)37-20-38-34-26-14-10-9-13-24(26)32-33-34/h6-18,25H,19-20H2,1-5H3,(H,31,36)/t25-/m1/s1. The zero-order valence-electron chi connectivity index (χ0n) is 23.3. The van der Waals surface area contributed by atoms with Gasteiger partial charge in [0.05, 0.1) is 0 Å². The van der Waals surface area contributed by atoms with Crippen molar-refractivity contribution < 1.29 is 28.6 Å². The normalized spacial score (nSPS) is 12.4. The number of hydrogen-bond acceptors (Lipinski definition) is 8. The highest BCUT2D eigenvalue weighted by Gasteiger charge is 2.32. The summed E-state index contributed by atoms with van der Waals surface area (Å²) in [6.07, 6.45) is -0.519. The fourth-order valence-electron chi connectivity index (χ4n) is 3.91. The van der Waals surface area contributed by atoms with Crippen molar-refractivity contribution in [3.8, 4) is 5.75 Å². The van der Waals surface area contributed by atoms with Gasteiger partial charge in [0, 0.05) is 6.42 Å². The molecule has 3 aromatic carbocycles. The van der Waals surface area contributed by atoms with Crippen LogP contribution in [0.1, 0.15) is 45.7 Å². The van der Waals surface area contributed by atoms with E-state index in [1.165, 1.54) is 4.85 Å². The van der Waals surface area contributed by atoms with E-state index in [1.807, 2.05) is 54.6 Å². The molecule has 0 saturated carbocycles. The molecule has 210 valence electrons. The van der Waals surface area contributed by atoms with Crippen molar-refractivity contribution in [1.82, 2.24) is 20.5 Å². The number of amides is 1. The van der Waals surface area contributed by atoms with Gasteiger partial charge in [0.25, 0.3) is 6.79 Å². The van der Waals surface area contributed by atoms with Crippen molar-refractivity contribution in [2.75, 3.05) is 6.79 Å². The van der Waals surface area contributed by atoms with Gasteiger partial charge in [0.2, 0.25) is 0 Å². The number of fused-ring (bicyclic) bond motifs is 1. The minimum Gasteiger partial charge on any atom is -0.455 e. The summed E-state index contributed by atoms with van der Waals surface area (Å²) in [7, 11) is 0. The molecular weight excluding hydrogens is 512 g/mol. The quantitative estimate of drug-likeness (QED) is 0.223. The molecule has 4 rings (SSSR count). The summed E-state index contributed by atoms with van der Waals surface area (Å²) in [6.45, 7) is 8.79. The van der Waals surface area contributed by atoms with Crippen LogP contribution < -0.4 is 14.9 Å². The van der Waals surface area contributed by atoms with Crippen LogP contribution in [0.2, 0.25) is 0 Å². The summed E-state index contributed by atoms with van der Waals surface area (Å²) in [5.41, 5.74) is 1.44. The first-order valence-electron chi connectivity index (χ1n) is 12.9. The molecule has 4 aromatic rings. The van der Waals surface area contributed by atoms with Crippen LogP contribution in [0.4, 0.5) is 4.79 Å². The summed E-state index contributed by atoms with van der Waals surface area (Å²) in [5, 5.41) is 10.7. The number of aromatic nitrogens is 3. The summed E-state index contributed by atoms with van der Waals surface area (Å²) in [4.78, 5) is 32.7. The Morgan fingerprint density at radius 3 is 2.25 bits per heavy atom. The van der Waals surface area contributed by atoms with Gasteiger partial charge in [-0.15, -0.1) is 5.10 Å². The van der Waals surface area contributed by atoms with Crippen molar-refractivity contribution in [3.05, 3.63) is 90.0 Å². The Morgan fingerprint density at radius 1 is 0.875 bits per heavy atom. The Kier molecular flexibility index (Phi) is 8.57. The number of hydrogen-bond donors (Lipinski definition) is 1. The minimum absolute atomic E-state index is 0.0869. The van der Waals surface area contributed by atoms with Crippen LogP contribution in [-0.2, 0) is 26.3 Å². The second-order valence-corrected chi connectivity index (χ2v) is 10.7. The van der Waals surface area contributed by atoms with Crippen molar-refractivity contribution in [2.24, 2.45) is 0 Å². The van der Waals surface area contributed by atoms with Gasteiger partial charge in [0.1, 0.15) is 34.0 Å². The number of nitrogens with one attached hydrogen (secondary N) is 1. The lowest BCUT2D eigenvalue weighted by Crippen LogP contribution is -2.47. The molecule has 40 heavy (non-hydrogen) atoms. The molecule has 0 aliphatic rings. The Hall–Kier alpha value is -4.60. The number of para-hydroxylation sites is 1. The molecule has 0 aliphatic heterocycles. The molecule has 1 aromatic heterocycles. The van der Waals surface area contributed by atoms with E-state index in [-0.39, 0.29) is 13.2 Å². The maximum atomic E-state index is 13.3. The second kappa shape index (κ2) is 12.1. The predicted octanol–water partition coefficient (Wildman–Crippen LogP) is 4.81. The van der Waals surface area contributed by atoms with E-state index < -0.39 is 29.3 Å². The number of alkyl carbamates (subject to hydrolysis) is 1. The van der Waals surface area contributed by atoms with Crippen LogP contribution in [-0.4, -0.2) is 45.7 Å². The van der Waals surface area contributed by atoms with Gasteiger partial charge >= 0.3 is 12.1 Å². The number of carbonyl (C=O) groups is 2. The number of rotatable bonds is 10. The number of esters is 1. The molecule has 0 spiro atoms. The molecule has 0 aliphatic carbocycles. The fourth-order valence-corrected chi connectivity index (χ4v) is 3.91. The first-order chi connectivity index (χ1) is 19.0. The van der Waals surface area contributed by atoms with E-state index >= 15 is 0 Å². The number of ether oxygens (including phenoxy) is 3. The lowest BCUT2D eigenvalue weighted by Gasteiger charge is -2.29. The number of carbonyl (C=O) groups excluding carboxylic acids is 2. The molecule has 1 atom stereocenters. The maximum absolute atomic E-state index is 13.3. The molecule has 0 unspecified atom stereocenters. The van der Waals surface area contributed by atoms with Gasteiger partial charge in [0.15, 0.2) is 0 Å². The van der Waals surface area contributed by atoms with Gasteiger partial charge in [-0.25, -0.2) is 9.59 Å². The maximum Gasteiger partial charge on any atom is 0.408 e. The van der Waals surface area contributed by atoms with E-state index in [9.17, 15) is 9.59 Å². The minimum atomic E-state index is -0.978. The first-order valence-corrected chi connectivity index (χ1v) is 12.9. The lowest BCUT2D eigenvalue weighted by atomic mass is 9.98. The van der Waals surface area contributed by atoms with E-state index in [0.29, 0.717) is 11.3 Å². The van der Waals surface area contributed by atoms with Crippen molar-refractivity contribution in [2.45, 2.75) is 58.3 Å². The van der Waals surface area contributed by atoms with Gasteiger partial charge < -0.3 is 24.4 Å². The van der Waals surface area contributed by atoms with Crippen molar-refractivity contribution in [3.63, 3.8) is 0 Å². The molecule has 0 radical (unpaired) electrons. The zero-order chi connectivity index (χ0) is 28.8. The van der Waals surface area contributed by atoms with Crippen LogP contribution in [0.25, 0.3) is 11.0 Å². The van der Waals surface area contributed by atoms with Gasteiger partial charge in [-0.3, -0.25) is 0 Å². The molecular formula is C30H34N4O6. The summed E-state index contributed by atoms with van der Waals surface area (Å²) in [6, 6.07) is 23.0. The predicted molar refractivity (Wildman–Crippen MR) is 148 cm³/mol. The summed E-state index contributed by atoms with van der Waals surface area (Å²) < 4.78 is 16.9. The van der Waals surface area contributed by atoms with Crippen LogP contribution in [0.5, 0.6) is 5.75 Å². The molecule has 10 heteroatoms. The van der Waals surface area contributed by atoms with E-state index in [0.717, 1.165) is 16.6 Å². The first kappa shape index (κ1) is 28.4. The average molecular weight is 547 g/mol. The third kappa shape index (κ3) is 7.72. The Bertz CT molecular complexity index is 1430. The molecule has 1 heterocycles. The Morgan fingerprint density at radius 2 is 1.55 bits per heavy atom. The van der Waals surface area contributed by atoms with E-state index in [4.69, 9.17) is 19.0 Å². The molecule has 0 bridgehead atoms. The topological polar surface area (TPSA) is 114 Å². The third-order valence-electron chi connectivity index (χ3n) is 5.89. The van der Waals surface area contributed by atoms with Crippen LogP contribution in [0.15, 0.2) is 78.9 Å². The Balaban J connectivity index is 1.40. The average Bonchev–Trinajstić information content (AvgIpc) is 3.31. The molecule has 0 saturated heterocycles. The molecule has 10 nitrogen and oxygen atoms in total. The van der Waals surface area contributed by atoms with E-state index in [1.54, 1.807) is 58.9 Å². The van der Waals surface area contributed by atoms with Gasteiger partial charge in [-0.05, 0) is 75.2 Å². The van der Waals surface area contributed by atoms with Gasteiger partial charge in [-0.2, -0.15) is 0 Å². The lowest BCUT2D eigenvalue weighted by molar-refractivity contribution is -0.160. The second-order valence-electron chi connectivity index (χ2n) is 10.7. The molecule has 1 N–H and O–H groups in total. The van der Waals surface area contributed by atoms with Crippen LogP contribution >= 0.6 is 0 Å². The Labute approximate surface area is 233 Å². The third-order valence-corrected chi connectivity index (χ3v) is 5.89. The number of benzene rings is 3. The zero-order valence-corrected chi connectivity index (χ0v) is 23.3. The smallest absolute Gasteiger partial charge is 0.408 e. The van der Waals surface area contributed by atoms with Gasteiger partial charge in [-0.1, -0.05) is 59.4 Å². The number of nitrogens with zero attached hydrogens (tertiary/aromatic N) is 3. The van der Waals surface area contributed by atoms with Crippen molar-refractivity contribution in [1.29, 1.82) is 0 Å². The summed E-state index contributed by atoms with van der Waals surface area (Å²) >= 11 is 0. The highest BCUT2D eigenvalue weighted by Crippen LogP contribution is 2.25. The highest BCUT2D eigenvalue weighted by atomic mass is 16.8. The SMILES string of the molecule is CC(C)(C)OC(=O)N[C@H](Cc1ccc(OCOn2nnc3ccccc32)cc1)C(=O)OC(C)(C)c1ccccc1. The molecule has 0 fully saturated rings. The monoisotopic (exact) mass is 546 g/mol. The van der Waals surface area contributed by atoms with Crippen LogP contribution in [0.3, 0.4) is 0 Å². The van der Waals surface area contributed by atoms with E-state index in [2.05, 4.69) is 15.6 Å². The highest BCUT2D eigenvalue weighted by molar-refractivity contribution is 5.82. The van der Waals surface area contributed by atoms with Crippen LogP contribution in [0, 0.1) is 0 Å². The summed E-state index contributed by atoms with van der Waals surface area (Å²) in [5.74, 6) is -0.0221. The molecule has 1 amide bonds.